The molecule has 0 spiro atoms. The standard InChI is InChI=1S/C12H20N2O3S/c1-3-10-6-11(14(2)13-10)7-12(15)9-4-5-18(16,17)8-9/h6,9,12,15H,3-5,7-8H2,1-2H3. The zero-order chi connectivity index (χ0) is 13.3. The van der Waals surface area contributed by atoms with Crippen molar-refractivity contribution in [1.29, 1.82) is 0 Å². The van der Waals surface area contributed by atoms with E-state index in [0.717, 1.165) is 17.8 Å². The maximum atomic E-state index is 11.4. The second-order valence-electron chi connectivity index (χ2n) is 5.04. The van der Waals surface area contributed by atoms with Gasteiger partial charge in [0.2, 0.25) is 0 Å². The average molecular weight is 272 g/mol. The molecule has 2 rings (SSSR count). The lowest BCUT2D eigenvalue weighted by molar-refractivity contribution is 0.118. The summed E-state index contributed by atoms with van der Waals surface area (Å²) in [5.74, 6) is 0.197. The van der Waals surface area contributed by atoms with Crippen LogP contribution in [0.15, 0.2) is 6.07 Å². The zero-order valence-corrected chi connectivity index (χ0v) is 11.7. The molecule has 1 aromatic heterocycles. The molecule has 102 valence electrons. The van der Waals surface area contributed by atoms with Crippen LogP contribution in [-0.2, 0) is 29.7 Å². The largest absolute Gasteiger partial charge is 0.392 e. The van der Waals surface area contributed by atoms with Gasteiger partial charge in [0.25, 0.3) is 0 Å². The van der Waals surface area contributed by atoms with Crippen LogP contribution in [0.3, 0.4) is 0 Å². The molecule has 0 amide bonds. The van der Waals surface area contributed by atoms with Gasteiger partial charge in [0, 0.05) is 25.1 Å². The number of aryl methyl sites for hydroxylation is 2. The van der Waals surface area contributed by atoms with Crippen LogP contribution in [0.2, 0.25) is 0 Å². The van der Waals surface area contributed by atoms with E-state index in [-0.39, 0.29) is 17.4 Å². The molecule has 6 heteroatoms. The maximum Gasteiger partial charge on any atom is 0.150 e. The van der Waals surface area contributed by atoms with E-state index in [9.17, 15) is 13.5 Å². The van der Waals surface area contributed by atoms with Crippen molar-refractivity contribution in [3.8, 4) is 0 Å². The molecule has 0 aromatic carbocycles. The number of nitrogens with zero attached hydrogens (tertiary/aromatic N) is 2. The number of rotatable bonds is 4. The van der Waals surface area contributed by atoms with Gasteiger partial charge in [0.1, 0.15) is 0 Å². The minimum Gasteiger partial charge on any atom is -0.392 e. The Morgan fingerprint density at radius 1 is 1.61 bits per heavy atom. The summed E-state index contributed by atoms with van der Waals surface area (Å²) in [7, 11) is -1.07. The van der Waals surface area contributed by atoms with Crippen molar-refractivity contribution >= 4 is 9.84 Å². The highest BCUT2D eigenvalue weighted by Gasteiger charge is 2.33. The highest BCUT2D eigenvalue weighted by molar-refractivity contribution is 7.91. The van der Waals surface area contributed by atoms with Gasteiger partial charge in [-0.05, 0) is 18.9 Å². The molecule has 0 bridgehead atoms. The van der Waals surface area contributed by atoms with E-state index >= 15 is 0 Å². The molecule has 2 unspecified atom stereocenters. The van der Waals surface area contributed by atoms with Crippen molar-refractivity contribution in [2.45, 2.75) is 32.3 Å². The fourth-order valence-corrected chi connectivity index (χ4v) is 4.31. The predicted octanol–water partition coefficient (Wildman–Crippen LogP) is 0.321. The number of sulfone groups is 1. The summed E-state index contributed by atoms with van der Waals surface area (Å²) in [4.78, 5) is 0. The van der Waals surface area contributed by atoms with Crippen LogP contribution in [0.5, 0.6) is 0 Å². The third-order valence-corrected chi connectivity index (χ3v) is 5.41. The number of aromatic nitrogens is 2. The SMILES string of the molecule is CCc1cc(CC(O)C2CCS(=O)(=O)C2)n(C)n1. The fourth-order valence-electron chi connectivity index (χ4n) is 2.44. The first kappa shape index (κ1) is 13.5. The predicted molar refractivity (Wildman–Crippen MR) is 69.1 cm³/mol. The second-order valence-corrected chi connectivity index (χ2v) is 7.27. The fraction of sp³-hybridized carbons (Fsp3) is 0.750. The molecule has 5 nitrogen and oxygen atoms in total. The average Bonchev–Trinajstić information content (AvgIpc) is 2.82. The van der Waals surface area contributed by atoms with E-state index < -0.39 is 15.9 Å². The van der Waals surface area contributed by atoms with E-state index in [1.807, 2.05) is 20.0 Å². The van der Waals surface area contributed by atoms with Gasteiger partial charge in [-0.3, -0.25) is 4.68 Å². The molecule has 1 saturated heterocycles. The van der Waals surface area contributed by atoms with Crippen LogP contribution in [0, 0.1) is 5.92 Å². The first-order chi connectivity index (χ1) is 8.41. The van der Waals surface area contributed by atoms with Gasteiger partial charge in [-0.2, -0.15) is 5.10 Å². The van der Waals surface area contributed by atoms with Crippen molar-refractivity contribution in [3.05, 3.63) is 17.5 Å². The van der Waals surface area contributed by atoms with Crippen molar-refractivity contribution in [3.63, 3.8) is 0 Å². The van der Waals surface area contributed by atoms with Gasteiger partial charge in [0.05, 0.1) is 23.3 Å². The van der Waals surface area contributed by atoms with E-state index in [4.69, 9.17) is 0 Å². The zero-order valence-electron chi connectivity index (χ0n) is 10.8. The Labute approximate surface area is 108 Å². The van der Waals surface area contributed by atoms with Crippen LogP contribution < -0.4 is 0 Å². The molecule has 1 aromatic rings. The van der Waals surface area contributed by atoms with Crippen molar-refractivity contribution < 1.29 is 13.5 Å². The van der Waals surface area contributed by atoms with Gasteiger partial charge in [-0.15, -0.1) is 0 Å². The summed E-state index contributed by atoms with van der Waals surface area (Å²) in [6.45, 7) is 2.03. The Hall–Kier alpha value is -0.880. The van der Waals surface area contributed by atoms with E-state index in [1.54, 1.807) is 4.68 Å². The molecule has 1 aliphatic heterocycles. The molecule has 0 aliphatic carbocycles. The van der Waals surface area contributed by atoms with E-state index in [2.05, 4.69) is 5.10 Å². The third-order valence-electron chi connectivity index (χ3n) is 3.62. The Morgan fingerprint density at radius 2 is 2.33 bits per heavy atom. The summed E-state index contributed by atoms with van der Waals surface area (Å²) in [6, 6.07) is 1.98. The van der Waals surface area contributed by atoms with Crippen LogP contribution in [-0.4, -0.2) is 40.9 Å². The van der Waals surface area contributed by atoms with Crippen molar-refractivity contribution in [2.75, 3.05) is 11.5 Å². The van der Waals surface area contributed by atoms with Crippen molar-refractivity contribution in [1.82, 2.24) is 9.78 Å². The van der Waals surface area contributed by atoms with Gasteiger partial charge < -0.3 is 5.11 Å². The van der Waals surface area contributed by atoms with Gasteiger partial charge >= 0.3 is 0 Å². The molecule has 18 heavy (non-hydrogen) atoms. The van der Waals surface area contributed by atoms with Gasteiger partial charge in [-0.25, -0.2) is 8.42 Å². The molecule has 0 saturated carbocycles. The van der Waals surface area contributed by atoms with Crippen LogP contribution in [0.1, 0.15) is 24.7 Å². The molecule has 2 atom stereocenters. The quantitative estimate of drug-likeness (QED) is 0.857. The number of hydrogen-bond acceptors (Lipinski definition) is 4. The lowest BCUT2D eigenvalue weighted by atomic mass is 9.98. The topological polar surface area (TPSA) is 72.2 Å². The van der Waals surface area contributed by atoms with Crippen LogP contribution in [0.25, 0.3) is 0 Å². The van der Waals surface area contributed by atoms with Gasteiger partial charge in [-0.1, -0.05) is 6.92 Å². The van der Waals surface area contributed by atoms with Crippen LogP contribution >= 0.6 is 0 Å². The Kier molecular flexibility index (Phi) is 3.77. The monoisotopic (exact) mass is 272 g/mol. The molecular formula is C12H20N2O3S. The lowest BCUT2D eigenvalue weighted by Crippen LogP contribution is -2.24. The summed E-state index contributed by atoms with van der Waals surface area (Å²) >= 11 is 0. The van der Waals surface area contributed by atoms with Crippen LogP contribution in [0.4, 0.5) is 0 Å². The highest BCUT2D eigenvalue weighted by Crippen LogP contribution is 2.24. The third kappa shape index (κ3) is 2.92. The Bertz CT molecular complexity index is 521. The van der Waals surface area contributed by atoms with Crippen molar-refractivity contribution in [2.24, 2.45) is 13.0 Å². The first-order valence-corrected chi connectivity index (χ1v) is 8.13. The highest BCUT2D eigenvalue weighted by atomic mass is 32.2. The first-order valence-electron chi connectivity index (χ1n) is 6.31. The molecule has 0 radical (unpaired) electrons. The summed E-state index contributed by atoms with van der Waals surface area (Å²) in [5.41, 5.74) is 1.96. The Balaban J connectivity index is 2.03. The molecular weight excluding hydrogens is 252 g/mol. The van der Waals surface area contributed by atoms with E-state index in [0.29, 0.717) is 12.8 Å². The molecule has 1 aliphatic rings. The van der Waals surface area contributed by atoms with E-state index in [1.165, 1.54) is 0 Å². The smallest absolute Gasteiger partial charge is 0.150 e. The number of hydrogen-bond donors (Lipinski definition) is 1. The number of aliphatic hydroxyl groups excluding tert-OH is 1. The summed E-state index contributed by atoms with van der Waals surface area (Å²) in [6.07, 6.45) is 1.32. The minimum atomic E-state index is -2.92. The second kappa shape index (κ2) is 5.01. The summed E-state index contributed by atoms with van der Waals surface area (Å²) < 4.78 is 24.5. The summed E-state index contributed by atoms with van der Waals surface area (Å²) in [5, 5.41) is 14.5. The minimum absolute atomic E-state index is 0.118. The van der Waals surface area contributed by atoms with Gasteiger partial charge in [0.15, 0.2) is 9.84 Å². The maximum absolute atomic E-state index is 11.4. The molecule has 2 heterocycles. The Morgan fingerprint density at radius 3 is 2.83 bits per heavy atom. The number of aliphatic hydroxyl groups is 1. The molecule has 1 N–H and O–H groups in total. The molecule has 1 fully saturated rings. The normalized spacial score (nSPS) is 24.3. The lowest BCUT2D eigenvalue weighted by Gasteiger charge is -2.16.